The molecule has 0 aliphatic carbocycles. The summed E-state index contributed by atoms with van der Waals surface area (Å²) in [7, 11) is 0. The number of carbonyl (C=O) groups excluding carboxylic acids is 2. The van der Waals surface area contributed by atoms with Crippen LogP contribution in [0.3, 0.4) is 0 Å². The third-order valence-electron chi connectivity index (χ3n) is 15.1. The van der Waals surface area contributed by atoms with Gasteiger partial charge in [0.15, 0.2) is 18.7 Å². The summed E-state index contributed by atoms with van der Waals surface area (Å²) in [5, 5.41) is 72.4. The molecule has 2 aliphatic rings. The van der Waals surface area contributed by atoms with E-state index in [0.29, 0.717) is 12.8 Å². The predicted octanol–water partition coefficient (Wildman–Crippen LogP) is 11.8. The Kier molecular flexibility index (Phi) is 45.9. The van der Waals surface area contributed by atoms with Crippen molar-refractivity contribution in [2.24, 2.45) is 0 Å². The zero-order chi connectivity index (χ0) is 57.4. The van der Waals surface area contributed by atoms with E-state index >= 15 is 0 Å². The Morgan fingerprint density at radius 2 is 0.797 bits per heavy atom. The van der Waals surface area contributed by atoms with E-state index in [2.05, 4.69) is 62.5 Å². The maximum absolute atomic E-state index is 13.1. The van der Waals surface area contributed by atoms with E-state index in [0.717, 1.165) is 83.5 Å². The summed E-state index contributed by atoms with van der Waals surface area (Å²) in [6, 6.07) is 0. The first-order chi connectivity index (χ1) is 38.5. The van der Waals surface area contributed by atoms with Crippen molar-refractivity contribution in [2.45, 2.75) is 319 Å². The molecule has 79 heavy (non-hydrogen) atoms. The molecule has 0 amide bonds. The van der Waals surface area contributed by atoms with Crippen LogP contribution in [-0.2, 0) is 38.0 Å². The van der Waals surface area contributed by atoms with Crippen LogP contribution in [0.2, 0.25) is 0 Å². The molecule has 0 aromatic carbocycles. The highest BCUT2D eigenvalue weighted by Crippen LogP contribution is 2.27. The van der Waals surface area contributed by atoms with Crippen molar-refractivity contribution >= 4 is 11.9 Å². The Morgan fingerprint density at radius 3 is 1.25 bits per heavy atom. The average molecular weight is 1120 g/mol. The summed E-state index contributed by atoms with van der Waals surface area (Å²) < 4.78 is 33.8. The standard InChI is InChI=1S/C64H114O15/c1-3-5-7-9-11-13-15-17-19-21-23-24-25-26-27-29-30-32-34-36-38-40-42-44-46-55(66)74-49-52(77-56(67)47-45-43-41-39-37-35-33-31-28-22-20-18-16-14-12-10-8-6-4-2)50-75-63-62(73)60(71)58(69)54(79-63)51-76-64-61(72)59(70)57(68)53(48-65)78-64/h6,8,12,14,18,20,28,31,52-54,57-65,68-73H,3-5,7,9-11,13,15-17,19,21-27,29-30,32-51H2,1-2H3/b8-6-,14-12-,20-18-,31-28-. The molecule has 0 aromatic heterocycles. The van der Waals surface area contributed by atoms with Gasteiger partial charge in [0.1, 0.15) is 55.4 Å². The third-order valence-corrected chi connectivity index (χ3v) is 15.1. The lowest BCUT2D eigenvalue weighted by atomic mass is 9.98. The number of rotatable bonds is 51. The van der Waals surface area contributed by atoms with E-state index in [4.69, 9.17) is 28.4 Å². The molecule has 2 rings (SSSR count). The van der Waals surface area contributed by atoms with Crippen LogP contribution in [0.1, 0.15) is 251 Å². The van der Waals surface area contributed by atoms with Gasteiger partial charge in [-0.15, -0.1) is 0 Å². The van der Waals surface area contributed by atoms with Gasteiger partial charge in [-0.3, -0.25) is 9.59 Å². The van der Waals surface area contributed by atoms with E-state index in [9.17, 15) is 45.3 Å². The molecule has 0 saturated carbocycles. The van der Waals surface area contributed by atoms with Crippen LogP contribution in [0.15, 0.2) is 48.6 Å². The maximum Gasteiger partial charge on any atom is 0.306 e. The molecule has 0 aromatic rings. The van der Waals surface area contributed by atoms with Gasteiger partial charge in [-0.2, -0.15) is 0 Å². The molecule has 11 atom stereocenters. The second kappa shape index (κ2) is 50.0. The topological polar surface area (TPSA) is 231 Å². The van der Waals surface area contributed by atoms with Gasteiger partial charge in [-0.05, 0) is 51.4 Å². The molecule has 2 heterocycles. The minimum atomic E-state index is -1.77. The van der Waals surface area contributed by atoms with Gasteiger partial charge in [0.2, 0.25) is 0 Å². The largest absolute Gasteiger partial charge is 0.462 e. The quantitative estimate of drug-likeness (QED) is 0.0171. The molecule has 2 saturated heterocycles. The van der Waals surface area contributed by atoms with Crippen molar-refractivity contribution in [1.29, 1.82) is 0 Å². The molecule has 0 bridgehead atoms. The van der Waals surface area contributed by atoms with Gasteiger partial charge in [0.05, 0.1) is 19.8 Å². The average Bonchev–Trinajstić information content (AvgIpc) is 3.52. The lowest BCUT2D eigenvalue weighted by molar-refractivity contribution is -0.332. The highest BCUT2D eigenvalue weighted by Gasteiger charge is 2.47. The number of hydrogen-bond acceptors (Lipinski definition) is 15. The number of hydrogen-bond donors (Lipinski definition) is 7. The van der Waals surface area contributed by atoms with Crippen LogP contribution < -0.4 is 0 Å². The molecular formula is C64H114O15. The van der Waals surface area contributed by atoms with Crippen LogP contribution in [0, 0.1) is 0 Å². The number of allylic oxidation sites excluding steroid dienone is 8. The molecule has 15 nitrogen and oxygen atoms in total. The molecule has 2 fully saturated rings. The van der Waals surface area contributed by atoms with Gasteiger partial charge < -0.3 is 64.2 Å². The fraction of sp³-hybridized carbons (Fsp3) is 0.844. The molecule has 0 radical (unpaired) electrons. The highest BCUT2D eigenvalue weighted by molar-refractivity contribution is 5.70. The summed E-state index contributed by atoms with van der Waals surface area (Å²) in [6.07, 6.45) is 42.8. The smallest absolute Gasteiger partial charge is 0.306 e. The maximum atomic E-state index is 13.1. The number of carbonyl (C=O) groups is 2. The number of aliphatic hydroxyl groups is 7. The van der Waals surface area contributed by atoms with Crippen molar-refractivity contribution in [3.63, 3.8) is 0 Å². The minimum Gasteiger partial charge on any atom is -0.462 e. The van der Waals surface area contributed by atoms with Crippen LogP contribution in [0.25, 0.3) is 0 Å². The Labute approximate surface area is 478 Å². The summed E-state index contributed by atoms with van der Waals surface area (Å²) >= 11 is 0. The minimum absolute atomic E-state index is 0.150. The SMILES string of the molecule is CC/C=C\C/C=C\C/C=C\C/C=C\CCCCCCCCC(=O)OC(COC(=O)CCCCCCCCCCCCCCCCCCCCCCCCCC)COC1OC(COC2OC(CO)C(O)C(O)C2O)C(O)C(O)C1O. The van der Waals surface area contributed by atoms with Crippen molar-refractivity contribution in [2.75, 3.05) is 26.4 Å². The van der Waals surface area contributed by atoms with Crippen molar-refractivity contribution in [3.8, 4) is 0 Å². The molecular weight excluding hydrogens is 1010 g/mol. The monoisotopic (exact) mass is 1120 g/mol. The lowest BCUT2D eigenvalue weighted by Gasteiger charge is -2.42. The Morgan fingerprint density at radius 1 is 0.418 bits per heavy atom. The normalized spacial score (nSPS) is 24.2. The zero-order valence-electron chi connectivity index (χ0n) is 49.4. The van der Waals surface area contributed by atoms with E-state index in [1.54, 1.807) is 0 Å². The van der Waals surface area contributed by atoms with Gasteiger partial charge >= 0.3 is 11.9 Å². The van der Waals surface area contributed by atoms with Crippen LogP contribution >= 0.6 is 0 Å². The Balaban J connectivity index is 1.70. The van der Waals surface area contributed by atoms with E-state index < -0.39 is 92.7 Å². The molecule has 460 valence electrons. The van der Waals surface area contributed by atoms with Gasteiger partial charge in [0, 0.05) is 12.8 Å². The summed E-state index contributed by atoms with van der Waals surface area (Å²) in [5.41, 5.74) is 0. The first-order valence-electron chi connectivity index (χ1n) is 31.7. The van der Waals surface area contributed by atoms with Gasteiger partial charge in [-0.1, -0.05) is 236 Å². The molecule has 11 unspecified atom stereocenters. The first kappa shape index (κ1) is 72.6. The van der Waals surface area contributed by atoms with Crippen molar-refractivity contribution < 1.29 is 73.8 Å². The van der Waals surface area contributed by atoms with Gasteiger partial charge in [0.25, 0.3) is 0 Å². The molecule has 15 heteroatoms. The summed E-state index contributed by atoms with van der Waals surface area (Å²) in [6.45, 7) is 2.51. The van der Waals surface area contributed by atoms with Crippen molar-refractivity contribution in [1.82, 2.24) is 0 Å². The first-order valence-corrected chi connectivity index (χ1v) is 31.7. The van der Waals surface area contributed by atoms with E-state index in [1.807, 2.05) is 0 Å². The molecule has 2 aliphatic heterocycles. The number of unbranched alkanes of at least 4 members (excludes halogenated alkanes) is 29. The number of aliphatic hydroxyl groups excluding tert-OH is 7. The van der Waals surface area contributed by atoms with Crippen LogP contribution in [0.4, 0.5) is 0 Å². The number of ether oxygens (including phenoxy) is 6. The molecule has 7 N–H and O–H groups in total. The molecule has 0 spiro atoms. The fourth-order valence-electron chi connectivity index (χ4n) is 9.98. The van der Waals surface area contributed by atoms with Crippen molar-refractivity contribution in [3.05, 3.63) is 48.6 Å². The van der Waals surface area contributed by atoms with Crippen LogP contribution in [-0.4, -0.2) is 142 Å². The summed E-state index contributed by atoms with van der Waals surface area (Å²) in [5.74, 6) is -0.930. The van der Waals surface area contributed by atoms with Gasteiger partial charge in [-0.25, -0.2) is 0 Å². The highest BCUT2D eigenvalue weighted by atomic mass is 16.7. The van der Waals surface area contributed by atoms with Crippen LogP contribution in [0.5, 0.6) is 0 Å². The lowest BCUT2D eigenvalue weighted by Crippen LogP contribution is -2.61. The van der Waals surface area contributed by atoms with E-state index in [1.165, 1.54) is 128 Å². The number of esters is 2. The Hall–Kier alpha value is -2.54. The zero-order valence-corrected chi connectivity index (χ0v) is 49.4. The fourth-order valence-corrected chi connectivity index (χ4v) is 9.98. The second-order valence-corrected chi connectivity index (χ2v) is 22.2. The summed E-state index contributed by atoms with van der Waals surface area (Å²) in [4.78, 5) is 26.0. The third kappa shape index (κ3) is 36.6. The Bertz CT molecular complexity index is 1550. The predicted molar refractivity (Wildman–Crippen MR) is 312 cm³/mol. The van der Waals surface area contributed by atoms with E-state index in [-0.39, 0.29) is 26.1 Å². The second-order valence-electron chi connectivity index (χ2n) is 22.2.